The first kappa shape index (κ1) is 20.1. The summed E-state index contributed by atoms with van der Waals surface area (Å²) >= 11 is 1.63. The van der Waals surface area contributed by atoms with Crippen LogP contribution in [0.15, 0.2) is 83.9 Å². The topological polar surface area (TPSA) is 63.9 Å². The van der Waals surface area contributed by atoms with E-state index in [0.717, 1.165) is 27.8 Å². The Hall–Kier alpha value is -3.84. The molecule has 0 N–H and O–H groups in total. The van der Waals surface area contributed by atoms with Gasteiger partial charge in [0.05, 0.1) is 29.4 Å². The van der Waals surface area contributed by atoms with Gasteiger partial charge in [0.2, 0.25) is 0 Å². The third-order valence-corrected chi connectivity index (χ3v) is 6.07. The summed E-state index contributed by atoms with van der Waals surface area (Å²) in [6, 6.07) is 17.7. The van der Waals surface area contributed by atoms with Crippen molar-refractivity contribution in [1.29, 1.82) is 0 Å². The molecule has 0 saturated heterocycles. The smallest absolute Gasteiger partial charge is 0.254 e. The molecule has 0 fully saturated rings. The number of benzene rings is 1. The highest BCUT2D eigenvalue weighted by Crippen LogP contribution is 2.26. The van der Waals surface area contributed by atoms with Crippen molar-refractivity contribution in [3.63, 3.8) is 0 Å². The highest BCUT2D eigenvalue weighted by atomic mass is 32.1. The van der Waals surface area contributed by atoms with Gasteiger partial charge in [0.1, 0.15) is 0 Å². The van der Waals surface area contributed by atoms with Crippen molar-refractivity contribution in [2.75, 3.05) is 7.05 Å². The molecule has 4 heterocycles. The molecule has 0 aliphatic rings. The van der Waals surface area contributed by atoms with Crippen molar-refractivity contribution in [3.8, 4) is 11.3 Å². The van der Waals surface area contributed by atoms with Gasteiger partial charge in [-0.2, -0.15) is 16.4 Å². The summed E-state index contributed by atoms with van der Waals surface area (Å²) in [5.41, 5.74) is 5.19. The highest BCUT2D eigenvalue weighted by molar-refractivity contribution is 7.07. The number of hydrogen-bond donors (Lipinski definition) is 0. The molecule has 4 aromatic heterocycles. The molecule has 7 heteroatoms. The van der Waals surface area contributed by atoms with E-state index in [-0.39, 0.29) is 5.91 Å². The lowest BCUT2D eigenvalue weighted by molar-refractivity contribution is 0.0787. The summed E-state index contributed by atoms with van der Waals surface area (Å²) in [7, 11) is 1.83. The van der Waals surface area contributed by atoms with Crippen LogP contribution in [0.3, 0.4) is 0 Å². The predicted octanol–water partition coefficient (Wildman–Crippen LogP) is 4.88. The molecule has 5 aromatic rings. The Kier molecular flexibility index (Phi) is 5.47. The summed E-state index contributed by atoms with van der Waals surface area (Å²) in [4.78, 5) is 24.2. The number of fused-ring (bicyclic) bond motifs is 1. The van der Waals surface area contributed by atoms with Crippen molar-refractivity contribution in [2.45, 2.75) is 13.1 Å². The van der Waals surface area contributed by atoms with E-state index in [0.29, 0.717) is 24.3 Å². The fourth-order valence-corrected chi connectivity index (χ4v) is 4.35. The first-order valence-electron chi connectivity index (χ1n) is 10.3. The summed E-state index contributed by atoms with van der Waals surface area (Å²) in [5, 5.41) is 9.41. The number of amides is 1. The van der Waals surface area contributed by atoms with Gasteiger partial charge in [-0.05, 0) is 46.2 Å². The van der Waals surface area contributed by atoms with Crippen LogP contribution in [0.2, 0.25) is 0 Å². The standard InChI is InChI=1S/C25H21N5OS/c1-29(15-19-9-12-32-17-19)25(31)21-13-23(20-5-3-2-4-6-20)28-24-22(21)14-27-30(24)16-18-7-10-26-11-8-18/h2-14,17H,15-16H2,1H3. The Morgan fingerprint density at radius 1 is 1.06 bits per heavy atom. The molecule has 0 saturated carbocycles. The molecule has 6 nitrogen and oxygen atoms in total. The second-order valence-electron chi connectivity index (χ2n) is 7.61. The van der Waals surface area contributed by atoms with Crippen LogP contribution in [0.1, 0.15) is 21.5 Å². The first-order valence-corrected chi connectivity index (χ1v) is 11.2. The Morgan fingerprint density at radius 3 is 2.62 bits per heavy atom. The molecule has 0 bridgehead atoms. The fourth-order valence-electron chi connectivity index (χ4n) is 3.69. The Bertz CT molecular complexity index is 1350. The summed E-state index contributed by atoms with van der Waals surface area (Å²) in [6.45, 7) is 1.10. The number of nitrogens with zero attached hydrogens (tertiary/aromatic N) is 5. The lowest BCUT2D eigenvalue weighted by Gasteiger charge is -2.18. The quantitative estimate of drug-likeness (QED) is 0.378. The van der Waals surface area contributed by atoms with Crippen LogP contribution in [0.4, 0.5) is 0 Å². The van der Waals surface area contributed by atoms with Crippen LogP contribution in [-0.4, -0.2) is 37.6 Å². The van der Waals surface area contributed by atoms with Crippen molar-refractivity contribution in [2.24, 2.45) is 0 Å². The monoisotopic (exact) mass is 439 g/mol. The van der Waals surface area contributed by atoms with Crippen molar-refractivity contribution in [3.05, 3.63) is 101 Å². The molecule has 32 heavy (non-hydrogen) atoms. The van der Waals surface area contributed by atoms with Gasteiger partial charge >= 0.3 is 0 Å². The number of thiophene rings is 1. The van der Waals surface area contributed by atoms with E-state index in [9.17, 15) is 4.79 Å². The van der Waals surface area contributed by atoms with Gasteiger partial charge in [-0.25, -0.2) is 9.67 Å². The van der Waals surface area contributed by atoms with E-state index in [1.807, 2.05) is 71.7 Å². The first-order chi connectivity index (χ1) is 15.7. The van der Waals surface area contributed by atoms with Gasteiger partial charge in [0, 0.05) is 31.5 Å². The number of rotatable bonds is 6. The van der Waals surface area contributed by atoms with Crippen LogP contribution in [0, 0.1) is 0 Å². The minimum atomic E-state index is -0.0516. The molecule has 0 unspecified atom stereocenters. The molecule has 0 radical (unpaired) electrons. The molecular formula is C25H21N5OS. The molecule has 0 atom stereocenters. The zero-order valence-corrected chi connectivity index (χ0v) is 18.4. The average molecular weight is 440 g/mol. The largest absolute Gasteiger partial charge is 0.337 e. The van der Waals surface area contributed by atoms with Crippen LogP contribution in [-0.2, 0) is 13.1 Å². The maximum Gasteiger partial charge on any atom is 0.254 e. The molecule has 0 spiro atoms. The number of aromatic nitrogens is 4. The number of pyridine rings is 2. The van der Waals surface area contributed by atoms with Gasteiger partial charge < -0.3 is 4.90 Å². The molecule has 158 valence electrons. The molecule has 5 rings (SSSR count). The van der Waals surface area contributed by atoms with Crippen LogP contribution >= 0.6 is 11.3 Å². The van der Waals surface area contributed by atoms with Crippen LogP contribution in [0.25, 0.3) is 22.3 Å². The van der Waals surface area contributed by atoms with Crippen molar-refractivity contribution in [1.82, 2.24) is 24.6 Å². The van der Waals surface area contributed by atoms with E-state index in [4.69, 9.17) is 4.98 Å². The van der Waals surface area contributed by atoms with Gasteiger partial charge in [-0.1, -0.05) is 30.3 Å². The maximum atomic E-state index is 13.5. The van der Waals surface area contributed by atoms with E-state index < -0.39 is 0 Å². The lowest BCUT2D eigenvalue weighted by Crippen LogP contribution is -2.26. The maximum absolute atomic E-state index is 13.5. The molecule has 0 aliphatic carbocycles. The molecular weight excluding hydrogens is 418 g/mol. The SMILES string of the molecule is CN(Cc1ccsc1)C(=O)c1cc(-c2ccccc2)nc2c1cnn2Cc1ccncc1. The van der Waals surface area contributed by atoms with Gasteiger partial charge in [0.25, 0.3) is 5.91 Å². The number of carbonyl (C=O) groups is 1. The second-order valence-corrected chi connectivity index (χ2v) is 8.39. The fraction of sp³-hybridized carbons (Fsp3) is 0.120. The van der Waals surface area contributed by atoms with E-state index in [1.54, 1.807) is 34.8 Å². The van der Waals surface area contributed by atoms with Crippen LogP contribution in [0.5, 0.6) is 0 Å². The van der Waals surface area contributed by atoms with Gasteiger partial charge in [-0.15, -0.1) is 0 Å². The number of hydrogen-bond acceptors (Lipinski definition) is 5. The van der Waals surface area contributed by atoms with E-state index >= 15 is 0 Å². The van der Waals surface area contributed by atoms with Crippen molar-refractivity contribution >= 4 is 28.3 Å². The molecule has 1 amide bonds. The lowest BCUT2D eigenvalue weighted by atomic mass is 10.1. The third-order valence-electron chi connectivity index (χ3n) is 5.34. The average Bonchev–Trinajstić information content (AvgIpc) is 3.49. The van der Waals surface area contributed by atoms with Gasteiger partial charge in [-0.3, -0.25) is 9.78 Å². The zero-order valence-electron chi connectivity index (χ0n) is 17.5. The van der Waals surface area contributed by atoms with E-state index in [2.05, 4.69) is 15.5 Å². The van der Waals surface area contributed by atoms with E-state index in [1.165, 1.54) is 0 Å². The molecule has 0 aliphatic heterocycles. The Morgan fingerprint density at radius 2 is 1.88 bits per heavy atom. The summed E-state index contributed by atoms with van der Waals surface area (Å²) in [5.74, 6) is -0.0516. The zero-order chi connectivity index (χ0) is 21.9. The summed E-state index contributed by atoms with van der Waals surface area (Å²) in [6.07, 6.45) is 5.26. The van der Waals surface area contributed by atoms with Crippen molar-refractivity contribution < 1.29 is 4.79 Å². The normalized spacial score (nSPS) is 11.0. The Balaban J connectivity index is 1.60. The minimum absolute atomic E-state index is 0.0516. The number of carbonyl (C=O) groups excluding carboxylic acids is 1. The van der Waals surface area contributed by atoms with Gasteiger partial charge in [0.15, 0.2) is 5.65 Å². The summed E-state index contributed by atoms with van der Waals surface area (Å²) < 4.78 is 1.84. The highest BCUT2D eigenvalue weighted by Gasteiger charge is 2.20. The molecule has 1 aromatic carbocycles. The Labute approximate surface area is 189 Å². The predicted molar refractivity (Wildman–Crippen MR) is 126 cm³/mol. The third kappa shape index (κ3) is 4.02. The minimum Gasteiger partial charge on any atom is -0.337 e. The van der Waals surface area contributed by atoms with Crippen LogP contribution < -0.4 is 0 Å². The second kappa shape index (κ2) is 8.72.